The van der Waals surface area contributed by atoms with E-state index >= 15 is 0 Å². The second-order valence-electron chi connectivity index (χ2n) is 5.24. The van der Waals surface area contributed by atoms with Crippen LogP contribution < -0.4 is 5.32 Å². The molecule has 0 aliphatic rings. The third-order valence-electron chi connectivity index (χ3n) is 3.73. The number of aromatic nitrogens is 1. The van der Waals surface area contributed by atoms with E-state index < -0.39 is 5.97 Å². The van der Waals surface area contributed by atoms with E-state index in [9.17, 15) is 14.0 Å². The number of hydrogen-bond donors (Lipinski definition) is 2. The molecule has 2 N–H and O–H groups in total. The van der Waals surface area contributed by atoms with Crippen molar-refractivity contribution >= 4 is 17.6 Å². The Morgan fingerprint density at radius 2 is 2.00 bits per heavy atom. The minimum Gasteiger partial charge on any atom is -0.465 e. The molecule has 0 bridgehead atoms. The minimum atomic E-state index is -0.479. The normalized spacial score (nSPS) is 10.5. The van der Waals surface area contributed by atoms with E-state index in [-0.39, 0.29) is 11.7 Å². The van der Waals surface area contributed by atoms with Crippen LogP contribution in [0.2, 0.25) is 0 Å². The number of hydrogen-bond acceptors (Lipinski definition) is 3. The number of benzene rings is 1. The largest absolute Gasteiger partial charge is 0.465 e. The monoisotopic (exact) mass is 318 g/mol. The molecule has 23 heavy (non-hydrogen) atoms. The molecular weight excluding hydrogens is 299 g/mol. The number of esters is 1. The van der Waals surface area contributed by atoms with Crippen LogP contribution in [-0.2, 0) is 11.2 Å². The summed E-state index contributed by atoms with van der Waals surface area (Å²) in [5, 5.41) is 2.73. The molecule has 1 heterocycles. The van der Waals surface area contributed by atoms with Crippen molar-refractivity contribution in [1.29, 1.82) is 0 Å². The highest BCUT2D eigenvalue weighted by Gasteiger charge is 2.23. The molecule has 0 unspecified atom stereocenters. The lowest BCUT2D eigenvalue weighted by atomic mass is 10.1. The lowest BCUT2D eigenvalue weighted by Gasteiger charge is -2.08. The first-order valence-corrected chi connectivity index (χ1v) is 7.26. The van der Waals surface area contributed by atoms with Gasteiger partial charge in [0.05, 0.1) is 12.7 Å². The maximum Gasteiger partial charge on any atom is 0.339 e. The Balaban J connectivity index is 2.36. The summed E-state index contributed by atoms with van der Waals surface area (Å²) in [6.07, 6.45) is 0.564. The third-order valence-corrected chi connectivity index (χ3v) is 3.73. The molecule has 0 atom stereocenters. The van der Waals surface area contributed by atoms with Gasteiger partial charge in [-0.3, -0.25) is 4.79 Å². The van der Waals surface area contributed by atoms with Crippen LogP contribution in [0.15, 0.2) is 18.2 Å². The number of aryl methyl sites for hydroxylation is 2. The highest BCUT2D eigenvalue weighted by molar-refractivity contribution is 6.07. The average Bonchev–Trinajstić information content (AvgIpc) is 2.86. The molecule has 0 radical (unpaired) electrons. The Kier molecular flexibility index (Phi) is 4.83. The summed E-state index contributed by atoms with van der Waals surface area (Å²) in [5.74, 6) is -1.23. The standard InChI is InChI=1S/C17H19FN2O3/c1-5-12-14(17(22)23-4)10(3)15(19-12)16(21)20-13-7-6-11(18)8-9(13)2/h6-8,19H,5H2,1-4H3,(H,20,21). The number of anilines is 1. The molecule has 0 saturated carbocycles. The molecule has 1 aromatic carbocycles. The minimum absolute atomic E-state index is 0.297. The molecule has 5 nitrogen and oxygen atoms in total. The molecule has 0 saturated heterocycles. The Morgan fingerprint density at radius 1 is 1.30 bits per heavy atom. The fourth-order valence-corrected chi connectivity index (χ4v) is 2.48. The van der Waals surface area contributed by atoms with Crippen molar-refractivity contribution in [3.8, 4) is 0 Å². The first kappa shape index (κ1) is 16.7. The zero-order valence-electron chi connectivity index (χ0n) is 13.5. The zero-order chi connectivity index (χ0) is 17.1. The fourth-order valence-electron chi connectivity index (χ4n) is 2.48. The molecule has 1 aromatic heterocycles. The fraction of sp³-hybridized carbons (Fsp3) is 0.294. The van der Waals surface area contributed by atoms with Crippen LogP contribution in [0.4, 0.5) is 10.1 Å². The van der Waals surface area contributed by atoms with Crippen LogP contribution in [0, 0.1) is 19.7 Å². The zero-order valence-corrected chi connectivity index (χ0v) is 13.5. The van der Waals surface area contributed by atoms with Gasteiger partial charge in [-0.05, 0) is 49.6 Å². The van der Waals surface area contributed by atoms with E-state index in [0.717, 1.165) is 0 Å². The van der Waals surface area contributed by atoms with Gasteiger partial charge in [-0.15, -0.1) is 0 Å². The molecule has 0 aliphatic heterocycles. The molecule has 0 fully saturated rings. The Hall–Kier alpha value is -2.63. The smallest absolute Gasteiger partial charge is 0.339 e. The predicted molar refractivity (Wildman–Crippen MR) is 85.3 cm³/mol. The second-order valence-corrected chi connectivity index (χ2v) is 5.24. The quantitative estimate of drug-likeness (QED) is 0.849. The lowest BCUT2D eigenvalue weighted by molar-refractivity contribution is 0.0599. The van der Waals surface area contributed by atoms with Gasteiger partial charge in [-0.2, -0.15) is 0 Å². The van der Waals surface area contributed by atoms with E-state index in [2.05, 4.69) is 10.3 Å². The van der Waals surface area contributed by atoms with Crippen molar-refractivity contribution in [1.82, 2.24) is 4.98 Å². The molecule has 1 amide bonds. The molecule has 122 valence electrons. The van der Waals surface area contributed by atoms with Gasteiger partial charge < -0.3 is 15.0 Å². The molecule has 2 rings (SSSR count). The Labute approximate surface area is 133 Å². The van der Waals surface area contributed by atoms with Crippen molar-refractivity contribution < 1.29 is 18.7 Å². The third kappa shape index (κ3) is 3.26. The second kappa shape index (κ2) is 6.64. The number of amides is 1. The summed E-state index contributed by atoms with van der Waals surface area (Å²) < 4.78 is 17.9. The number of H-pyrrole nitrogens is 1. The van der Waals surface area contributed by atoms with Crippen molar-refractivity contribution in [3.05, 3.63) is 52.1 Å². The number of ether oxygens (including phenoxy) is 1. The number of aromatic amines is 1. The highest BCUT2D eigenvalue weighted by Crippen LogP contribution is 2.22. The van der Waals surface area contributed by atoms with Gasteiger partial charge in [-0.25, -0.2) is 9.18 Å². The molecule has 0 aliphatic carbocycles. The topological polar surface area (TPSA) is 71.2 Å². The number of carbonyl (C=O) groups is 2. The van der Waals surface area contributed by atoms with Crippen molar-refractivity contribution in [2.75, 3.05) is 12.4 Å². The van der Waals surface area contributed by atoms with E-state index in [0.29, 0.717) is 40.2 Å². The highest BCUT2D eigenvalue weighted by atomic mass is 19.1. The van der Waals surface area contributed by atoms with E-state index in [1.54, 1.807) is 13.8 Å². The summed E-state index contributed by atoms with van der Waals surface area (Å²) in [6, 6.07) is 4.12. The van der Waals surface area contributed by atoms with Gasteiger partial charge in [0.2, 0.25) is 0 Å². The summed E-state index contributed by atoms with van der Waals surface area (Å²) >= 11 is 0. The van der Waals surface area contributed by atoms with Gasteiger partial charge in [0.15, 0.2) is 0 Å². The molecule has 2 aromatic rings. The Morgan fingerprint density at radius 3 is 2.57 bits per heavy atom. The lowest BCUT2D eigenvalue weighted by Crippen LogP contribution is -2.15. The van der Waals surface area contributed by atoms with Crippen LogP contribution in [0.1, 0.15) is 44.6 Å². The first-order valence-electron chi connectivity index (χ1n) is 7.26. The van der Waals surface area contributed by atoms with E-state index in [1.165, 1.54) is 25.3 Å². The number of halogens is 1. The summed E-state index contributed by atoms with van der Waals surface area (Å²) in [4.78, 5) is 27.3. The summed E-state index contributed by atoms with van der Waals surface area (Å²) in [5.41, 5.74) is 3.00. The SMILES string of the molecule is CCc1[nH]c(C(=O)Nc2ccc(F)cc2C)c(C)c1C(=O)OC. The average molecular weight is 318 g/mol. The summed E-state index contributed by atoms with van der Waals surface area (Å²) in [7, 11) is 1.30. The van der Waals surface area contributed by atoms with Crippen molar-refractivity contribution in [3.63, 3.8) is 0 Å². The van der Waals surface area contributed by atoms with E-state index in [1.807, 2.05) is 6.92 Å². The maximum atomic E-state index is 13.1. The van der Waals surface area contributed by atoms with E-state index in [4.69, 9.17) is 4.74 Å². The van der Waals surface area contributed by atoms with Gasteiger partial charge in [0.1, 0.15) is 11.5 Å². The maximum absolute atomic E-state index is 13.1. The van der Waals surface area contributed by atoms with Crippen LogP contribution in [0.5, 0.6) is 0 Å². The van der Waals surface area contributed by atoms with Crippen LogP contribution in [-0.4, -0.2) is 24.0 Å². The van der Waals surface area contributed by atoms with Crippen molar-refractivity contribution in [2.45, 2.75) is 27.2 Å². The molecular formula is C17H19FN2O3. The van der Waals surface area contributed by atoms with Gasteiger partial charge >= 0.3 is 5.97 Å². The van der Waals surface area contributed by atoms with Gasteiger partial charge in [-0.1, -0.05) is 6.92 Å². The number of nitrogens with one attached hydrogen (secondary N) is 2. The predicted octanol–water partition coefficient (Wildman–Crippen LogP) is 3.37. The molecule has 0 spiro atoms. The van der Waals surface area contributed by atoms with Gasteiger partial charge in [0.25, 0.3) is 5.91 Å². The van der Waals surface area contributed by atoms with Crippen molar-refractivity contribution in [2.24, 2.45) is 0 Å². The van der Waals surface area contributed by atoms with Gasteiger partial charge in [0, 0.05) is 11.4 Å². The number of rotatable bonds is 4. The van der Waals surface area contributed by atoms with Crippen LogP contribution in [0.3, 0.4) is 0 Å². The summed E-state index contributed by atoms with van der Waals surface area (Å²) in [6.45, 7) is 5.27. The number of methoxy groups -OCH3 is 1. The molecule has 6 heteroatoms. The number of carbonyl (C=O) groups excluding carboxylic acids is 2. The van der Waals surface area contributed by atoms with Crippen LogP contribution >= 0.6 is 0 Å². The Bertz CT molecular complexity index is 765. The first-order chi connectivity index (χ1) is 10.9. The van der Waals surface area contributed by atoms with Crippen LogP contribution in [0.25, 0.3) is 0 Å².